The van der Waals surface area contributed by atoms with E-state index in [0.717, 1.165) is 14.2 Å². The lowest BCUT2D eigenvalue weighted by Crippen LogP contribution is -2.20. The summed E-state index contributed by atoms with van der Waals surface area (Å²) in [5, 5.41) is 13.5. The molecule has 0 amide bonds. The number of aliphatic hydroxyl groups excluding tert-OH is 1. The van der Waals surface area contributed by atoms with Gasteiger partial charge >= 0.3 is 0 Å². The van der Waals surface area contributed by atoms with E-state index in [-0.39, 0.29) is 12.0 Å². The lowest BCUT2D eigenvalue weighted by Gasteiger charge is -2.20. The summed E-state index contributed by atoms with van der Waals surface area (Å²) >= 11 is 15.7. The zero-order chi connectivity index (χ0) is 18.6. The SMILES string of the molecule is CN(CCO)c1cc2c(s1)-c1sc(/C=C3\SC(=S)NC3=S)cc1C2(C)C. The van der Waals surface area contributed by atoms with Crippen molar-refractivity contribution in [2.24, 2.45) is 0 Å². The lowest BCUT2D eigenvalue weighted by atomic mass is 9.84. The van der Waals surface area contributed by atoms with Crippen LogP contribution in [0.15, 0.2) is 17.0 Å². The Morgan fingerprint density at radius 2 is 1.88 bits per heavy atom. The molecular formula is C18H18N2OS5. The second kappa shape index (κ2) is 6.68. The van der Waals surface area contributed by atoms with E-state index in [9.17, 15) is 5.11 Å². The zero-order valence-corrected chi connectivity index (χ0v) is 18.7. The number of thioether (sulfide) groups is 1. The van der Waals surface area contributed by atoms with E-state index in [1.54, 1.807) is 0 Å². The number of nitrogens with zero attached hydrogens (tertiary/aromatic N) is 1. The fourth-order valence-corrected chi connectivity index (χ4v) is 7.54. The van der Waals surface area contributed by atoms with Crippen LogP contribution in [0.25, 0.3) is 15.8 Å². The van der Waals surface area contributed by atoms with Gasteiger partial charge in [-0.05, 0) is 29.3 Å². The Kier molecular flexibility index (Phi) is 4.78. The Labute approximate surface area is 176 Å². The molecule has 1 aliphatic heterocycles. The van der Waals surface area contributed by atoms with Gasteiger partial charge in [0.25, 0.3) is 0 Å². The van der Waals surface area contributed by atoms with Crippen molar-refractivity contribution in [2.45, 2.75) is 19.3 Å². The third-order valence-electron chi connectivity index (χ3n) is 4.75. The molecule has 2 N–H and O–H groups in total. The molecule has 0 bridgehead atoms. The van der Waals surface area contributed by atoms with E-state index in [1.165, 1.54) is 42.5 Å². The number of hydrogen-bond donors (Lipinski definition) is 2. The quantitative estimate of drug-likeness (QED) is 0.526. The monoisotopic (exact) mass is 438 g/mol. The summed E-state index contributed by atoms with van der Waals surface area (Å²) in [5.74, 6) is 0. The number of fused-ring (bicyclic) bond motifs is 3. The van der Waals surface area contributed by atoms with Crippen molar-refractivity contribution < 1.29 is 5.11 Å². The molecule has 26 heavy (non-hydrogen) atoms. The molecule has 1 aliphatic carbocycles. The van der Waals surface area contributed by atoms with Crippen LogP contribution in [0.3, 0.4) is 0 Å². The van der Waals surface area contributed by atoms with Gasteiger partial charge in [0.15, 0.2) is 0 Å². The van der Waals surface area contributed by atoms with Crippen LogP contribution in [-0.4, -0.2) is 34.6 Å². The maximum Gasteiger partial charge on any atom is 0.143 e. The first-order valence-corrected chi connectivity index (χ1v) is 11.4. The number of thiophene rings is 2. The molecule has 0 aromatic carbocycles. The normalized spacial score (nSPS) is 19.0. The van der Waals surface area contributed by atoms with Crippen LogP contribution >= 0.6 is 58.9 Å². The first-order valence-electron chi connectivity index (χ1n) is 8.17. The highest BCUT2D eigenvalue weighted by atomic mass is 32.2. The molecule has 2 aromatic rings. The van der Waals surface area contributed by atoms with Crippen LogP contribution in [0.1, 0.15) is 29.9 Å². The fraction of sp³-hybridized carbons (Fsp3) is 0.333. The number of rotatable bonds is 4. The molecule has 136 valence electrons. The lowest BCUT2D eigenvalue weighted by molar-refractivity contribution is 0.304. The average Bonchev–Trinajstić information content (AvgIpc) is 3.27. The van der Waals surface area contributed by atoms with Crippen LogP contribution in [-0.2, 0) is 5.41 Å². The van der Waals surface area contributed by atoms with E-state index in [1.807, 2.05) is 29.7 Å². The average molecular weight is 439 g/mol. The van der Waals surface area contributed by atoms with Gasteiger partial charge in [-0.15, -0.1) is 22.7 Å². The van der Waals surface area contributed by atoms with Gasteiger partial charge in [0.05, 0.1) is 21.4 Å². The van der Waals surface area contributed by atoms with Crippen LogP contribution in [0.2, 0.25) is 0 Å². The van der Waals surface area contributed by atoms with Gasteiger partial charge in [0, 0.05) is 28.8 Å². The van der Waals surface area contributed by atoms with Crippen molar-refractivity contribution >= 4 is 79.3 Å². The third kappa shape index (κ3) is 2.96. The van der Waals surface area contributed by atoms with E-state index >= 15 is 0 Å². The van der Waals surface area contributed by atoms with Crippen molar-refractivity contribution in [3.05, 3.63) is 33.0 Å². The summed E-state index contributed by atoms with van der Waals surface area (Å²) in [5.41, 5.74) is 2.76. The summed E-state index contributed by atoms with van der Waals surface area (Å²) in [4.78, 5) is 7.79. The summed E-state index contributed by atoms with van der Waals surface area (Å²) in [6.45, 7) is 5.39. The summed E-state index contributed by atoms with van der Waals surface area (Å²) in [6, 6.07) is 4.58. The van der Waals surface area contributed by atoms with Gasteiger partial charge in [-0.3, -0.25) is 0 Å². The fourth-order valence-electron chi connectivity index (χ4n) is 3.27. The molecule has 8 heteroatoms. The second-order valence-electron chi connectivity index (χ2n) is 6.84. The smallest absolute Gasteiger partial charge is 0.143 e. The highest BCUT2D eigenvalue weighted by Gasteiger charge is 2.39. The standard InChI is InChI=1S/C18H18N2OS5/c1-18(2)10-6-9(7-12-16(22)19-17(23)25-12)24-14(10)15-11(18)8-13(26-15)20(3)4-5-21/h6-8,21H,4-5H2,1-3H3,(H,19,22,23)/b12-7-. The van der Waals surface area contributed by atoms with Gasteiger partial charge in [-0.1, -0.05) is 50.0 Å². The molecule has 0 unspecified atom stereocenters. The van der Waals surface area contributed by atoms with Crippen molar-refractivity contribution in [2.75, 3.05) is 25.1 Å². The van der Waals surface area contributed by atoms with E-state index in [4.69, 9.17) is 24.4 Å². The molecule has 1 fully saturated rings. The van der Waals surface area contributed by atoms with E-state index in [2.05, 4.69) is 42.3 Å². The van der Waals surface area contributed by atoms with Gasteiger partial charge in [-0.25, -0.2) is 0 Å². The topological polar surface area (TPSA) is 35.5 Å². The van der Waals surface area contributed by atoms with Crippen LogP contribution in [0.5, 0.6) is 0 Å². The molecular weight excluding hydrogens is 421 g/mol. The maximum absolute atomic E-state index is 9.22. The Hall–Kier alpha value is -0.770. The predicted molar refractivity (Wildman–Crippen MR) is 124 cm³/mol. The van der Waals surface area contributed by atoms with Crippen LogP contribution in [0.4, 0.5) is 5.00 Å². The Morgan fingerprint density at radius 3 is 2.54 bits per heavy atom. The molecule has 3 heterocycles. The minimum Gasteiger partial charge on any atom is -0.395 e. The van der Waals surface area contributed by atoms with Crippen molar-refractivity contribution in [1.82, 2.24) is 5.32 Å². The number of anilines is 1. The van der Waals surface area contributed by atoms with Gasteiger partial charge in [0.1, 0.15) is 9.31 Å². The zero-order valence-electron chi connectivity index (χ0n) is 14.6. The number of thiocarbonyl (C=S) groups is 2. The van der Waals surface area contributed by atoms with Crippen LogP contribution < -0.4 is 10.2 Å². The third-order valence-corrected chi connectivity index (χ3v) is 8.88. The molecule has 0 spiro atoms. The van der Waals surface area contributed by atoms with Crippen molar-refractivity contribution in [3.63, 3.8) is 0 Å². The maximum atomic E-state index is 9.22. The molecule has 2 aromatic heterocycles. The molecule has 0 radical (unpaired) electrons. The minimum atomic E-state index is -0.0103. The molecule has 4 rings (SSSR count). The van der Waals surface area contributed by atoms with Crippen LogP contribution in [0, 0.1) is 0 Å². The molecule has 0 atom stereocenters. The predicted octanol–water partition coefficient (Wildman–Crippen LogP) is 4.83. The second-order valence-corrected chi connectivity index (χ2v) is 11.1. The molecule has 0 saturated carbocycles. The van der Waals surface area contributed by atoms with Gasteiger partial charge < -0.3 is 15.3 Å². The highest BCUT2D eigenvalue weighted by Crippen LogP contribution is 2.57. The first-order chi connectivity index (χ1) is 12.3. The van der Waals surface area contributed by atoms with E-state index in [0.29, 0.717) is 6.54 Å². The first kappa shape index (κ1) is 18.6. The number of likely N-dealkylation sites (N-methyl/N-ethyl adjacent to an activating group) is 1. The minimum absolute atomic E-state index is 0.0103. The Balaban J connectivity index is 1.74. The Morgan fingerprint density at radius 1 is 1.19 bits per heavy atom. The number of hydrogen-bond acceptors (Lipinski definition) is 7. The molecule has 3 nitrogen and oxygen atoms in total. The number of nitrogens with one attached hydrogen (secondary N) is 1. The van der Waals surface area contributed by atoms with Gasteiger partial charge in [0.2, 0.25) is 0 Å². The summed E-state index contributed by atoms with van der Waals surface area (Å²) < 4.78 is 0.725. The summed E-state index contributed by atoms with van der Waals surface area (Å²) in [6.07, 6.45) is 2.14. The van der Waals surface area contributed by atoms with Crippen molar-refractivity contribution in [1.29, 1.82) is 0 Å². The summed E-state index contributed by atoms with van der Waals surface area (Å²) in [7, 11) is 2.03. The largest absolute Gasteiger partial charge is 0.395 e. The number of aliphatic hydroxyl groups is 1. The highest BCUT2D eigenvalue weighted by molar-refractivity contribution is 8.27. The van der Waals surface area contributed by atoms with Gasteiger partial charge in [-0.2, -0.15) is 0 Å². The molecule has 2 aliphatic rings. The van der Waals surface area contributed by atoms with E-state index < -0.39 is 0 Å². The molecule has 1 saturated heterocycles. The van der Waals surface area contributed by atoms with Crippen molar-refractivity contribution in [3.8, 4) is 9.75 Å². The Bertz CT molecular complexity index is 953.